The fourth-order valence-corrected chi connectivity index (χ4v) is 2.59. The van der Waals surface area contributed by atoms with Crippen molar-refractivity contribution >= 4 is 0 Å². The summed E-state index contributed by atoms with van der Waals surface area (Å²) in [5, 5.41) is 0. The van der Waals surface area contributed by atoms with Crippen LogP contribution in [0, 0.1) is 6.92 Å². The SMILES string of the molecule is Cc1nc(-c2cc([C@H](C)c3ccc(OC(F)(F)F)cc3)ncn2)cc(=O)[nH]1. The van der Waals surface area contributed by atoms with Gasteiger partial charge in [0.25, 0.3) is 5.56 Å². The summed E-state index contributed by atoms with van der Waals surface area (Å²) in [6, 6.07) is 8.64. The molecular weight excluding hydrogens is 361 g/mol. The zero-order chi connectivity index (χ0) is 19.6. The molecule has 6 nitrogen and oxygen atoms in total. The molecule has 0 bridgehead atoms. The Kier molecular flexibility index (Phi) is 4.93. The van der Waals surface area contributed by atoms with Crippen molar-refractivity contribution in [3.05, 3.63) is 70.2 Å². The van der Waals surface area contributed by atoms with Crippen molar-refractivity contribution < 1.29 is 17.9 Å². The van der Waals surface area contributed by atoms with E-state index in [1.807, 2.05) is 6.92 Å². The van der Waals surface area contributed by atoms with Crippen LogP contribution in [-0.2, 0) is 0 Å². The summed E-state index contributed by atoms with van der Waals surface area (Å²) in [5.74, 6) is -0.0363. The largest absolute Gasteiger partial charge is 0.573 e. The average molecular weight is 376 g/mol. The molecule has 0 fully saturated rings. The summed E-state index contributed by atoms with van der Waals surface area (Å²) in [4.78, 5) is 26.8. The molecule has 0 saturated carbocycles. The highest BCUT2D eigenvalue weighted by Gasteiger charge is 2.31. The van der Waals surface area contributed by atoms with Crippen LogP contribution in [0.1, 0.15) is 29.9 Å². The molecule has 9 heteroatoms. The Hall–Kier alpha value is -3.23. The Labute approximate surface area is 152 Å². The van der Waals surface area contributed by atoms with Crippen LogP contribution in [0.5, 0.6) is 5.75 Å². The first kappa shape index (κ1) is 18.6. The van der Waals surface area contributed by atoms with Crippen molar-refractivity contribution in [2.24, 2.45) is 0 Å². The normalized spacial score (nSPS) is 12.6. The molecule has 0 aliphatic carbocycles. The van der Waals surface area contributed by atoms with Crippen molar-refractivity contribution in [2.75, 3.05) is 0 Å². The Balaban J connectivity index is 1.87. The number of halogens is 3. The van der Waals surface area contributed by atoms with E-state index in [1.165, 1.54) is 24.5 Å². The highest BCUT2D eigenvalue weighted by molar-refractivity contribution is 5.54. The first-order valence-corrected chi connectivity index (χ1v) is 7.97. The molecule has 1 aromatic carbocycles. The van der Waals surface area contributed by atoms with Crippen molar-refractivity contribution in [1.29, 1.82) is 0 Å². The minimum atomic E-state index is -4.73. The van der Waals surface area contributed by atoms with Gasteiger partial charge in [-0.25, -0.2) is 15.0 Å². The van der Waals surface area contributed by atoms with Gasteiger partial charge in [0.15, 0.2) is 0 Å². The maximum Gasteiger partial charge on any atom is 0.573 e. The third-order valence-electron chi connectivity index (χ3n) is 3.87. The summed E-state index contributed by atoms with van der Waals surface area (Å²) in [7, 11) is 0. The van der Waals surface area contributed by atoms with Gasteiger partial charge in [0.2, 0.25) is 0 Å². The third-order valence-corrected chi connectivity index (χ3v) is 3.87. The lowest BCUT2D eigenvalue weighted by Gasteiger charge is -2.14. The summed E-state index contributed by atoms with van der Waals surface area (Å²) in [6.45, 7) is 3.53. The lowest BCUT2D eigenvalue weighted by Crippen LogP contribution is -2.17. The topological polar surface area (TPSA) is 80.8 Å². The van der Waals surface area contributed by atoms with Crippen LogP contribution in [0.3, 0.4) is 0 Å². The van der Waals surface area contributed by atoms with Gasteiger partial charge in [0, 0.05) is 12.0 Å². The number of nitrogens with zero attached hydrogens (tertiary/aromatic N) is 3. The molecule has 0 unspecified atom stereocenters. The van der Waals surface area contributed by atoms with Crippen LogP contribution in [0.15, 0.2) is 47.5 Å². The summed E-state index contributed by atoms with van der Waals surface area (Å²) >= 11 is 0. The summed E-state index contributed by atoms with van der Waals surface area (Å²) < 4.78 is 40.6. The molecule has 0 spiro atoms. The molecule has 27 heavy (non-hydrogen) atoms. The van der Waals surface area contributed by atoms with E-state index in [4.69, 9.17) is 0 Å². The lowest BCUT2D eigenvalue weighted by molar-refractivity contribution is -0.274. The monoisotopic (exact) mass is 376 g/mol. The zero-order valence-corrected chi connectivity index (χ0v) is 14.4. The fraction of sp³-hybridized carbons (Fsp3) is 0.222. The number of hydrogen-bond donors (Lipinski definition) is 1. The Morgan fingerprint density at radius 2 is 1.78 bits per heavy atom. The minimum absolute atomic E-state index is 0.213. The first-order chi connectivity index (χ1) is 12.7. The number of H-pyrrole nitrogens is 1. The molecule has 0 radical (unpaired) electrons. The molecule has 2 aromatic heterocycles. The third kappa shape index (κ3) is 4.69. The number of nitrogens with one attached hydrogen (secondary N) is 1. The Bertz CT molecular complexity index is 1000. The molecule has 2 heterocycles. The molecule has 0 amide bonds. The van der Waals surface area contributed by atoms with E-state index in [0.29, 0.717) is 22.9 Å². The van der Waals surface area contributed by atoms with Gasteiger partial charge in [-0.1, -0.05) is 19.1 Å². The Morgan fingerprint density at radius 3 is 2.41 bits per heavy atom. The summed E-state index contributed by atoms with van der Waals surface area (Å²) in [6.07, 6.45) is -3.37. The van der Waals surface area contributed by atoms with E-state index < -0.39 is 6.36 Å². The molecule has 0 saturated heterocycles. The number of hydrogen-bond acceptors (Lipinski definition) is 5. The van der Waals surface area contributed by atoms with Gasteiger partial charge in [0.1, 0.15) is 17.9 Å². The second kappa shape index (κ2) is 7.18. The fourth-order valence-electron chi connectivity index (χ4n) is 2.59. The van der Waals surface area contributed by atoms with Crippen molar-refractivity contribution in [3.63, 3.8) is 0 Å². The molecule has 0 aliphatic heterocycles. The van der Waals surface area contributed by atoms with E-state index >= 15 is 0 Å². The van der Waals surface area contributed by atoms with Crippen LogP contribution in [-0.4, -0.2) is 26.3 Å². The summed E-state index contributed by atoms with van der Waals surface area (Å²) in [5.41, 5.74) is 2.01. The Morgan fingerprint density at radius 1 is 1.07 bits per heavy atom. The van der Waals surface area contributed by atoms with Crippen LogP contribution < -0.4 is 10.3 Å². The number of aromatic nitrogens is 4. The number of aromatic amines is 1. The highest BCUT2D eigenvalue weighted by Crippen LogP contribution is 2.28. The highest BCUT2D eigenvalue weighted by atomic mass is 19.4. The minimum Gasteiger partial charge on any atom is -0.406 e. The zero-order valence-electron chi connectivity index (χ0n) is 14.4. The molecule has 0 aliphatic rings. The average Bonchev–Trinajstić information content (AvgIpc) is 2.60. The van der Waals surface area contributed by atoms with E-state index in [1.54, 1.807) is 25.1 Å². The smallest absolute Gasteiger partial charge is 0.406 e. The van der Waals surface area contributed by atoms with Crippen molar-refractivity contribution in [1.82, 2.24) is 19.9 Å². The van der Waals surface area contributed by atoms with Gasteiger partial charge in [-0.2, -0.15) is 0 Å². The van der Waals surface area contributed by atoms with Crippen LogP contribution >= 0.6 is 0 Å². The van der Waals surface area contributed by atoms with Crippen LogP contribution in [0.2, 0.25) is 0 Å². The number of benzene rings is 1. The predicted molar refractivity (Wildman–Crippen MR) is 91.3 cm³/mol. The first-order valence-electron chi connectivity index (χ1n) is 7.97. The predicted octanol–water partition coefficient (Wildman–Crippen LogP) is 3.59. The van der Waals surface area contributed by atoms with Gasteiger partial charge >= 0.3 is 6.36 Å². The molecule has 3 rings (SSSR count). The van der Waals surface area contributed by atoms with E-state index in [-0.39, 0.29) is 17.2 Å². The van der Waals surface area contributed by atoms with Gasteiger partial charge in [-0.05, 0) is 30.7 Å². The van der Waals surface area contributed by atoms with E-state index in [2.05, 4.69) is 24.7 Å². The van der Waals surface area contributed by atoms with E-state index in [0.717, 1.165) is 5.56 Å². The van der Waals surface area contributed by atoms with Crippen LogP contribution in [0.25, 0.3) is 11.4 Å². The van der Waals surface area contributed by atoms with Gasteiger partial charge in [-0.15, -0.1) is 13.2 Å². The van der Waals surface area contributed by atoms with Crippen molar-refractivity contribution in [2.45, 2.75) is 26.1 Å². The number of alkyl halides is 3. The second-order valence-corrected chi connectivity index (χ2v) is 5.88. The molecular formula is C18H15F3N4O2. The quantitative estimate of drug-likeness (QED) is 0.753. The number of ether oxygens (including phenoxy) is 1. The van der Waals surface area contributed by atoms with Gasteiger partial charge in [-0.3, -0.25) is 4.79 Å². The molecule has 140 valence electrons. The number of rotatable bonds is 4. The number of aryl methyl sites for hydroxylation is 1. The van der Waals surface area contributed by atoms with Gasteiger partial charge in [0.05, 0.1) is 17.1 Å². The maximum atomic E-state index is 12.3. The maximum absolute atomic E-state index is 12.3. The van der Waals surface area contributed by atoms with Crippen molar-refractivity contribution in [3.8, 4) is 17.1 Å². The lowest BCUT2D eigenvalue weighted by atomic mass is 9.97. The molecule has 3 aromatic rings. The second-order valence-electron chi connectivity index (χ2n) is 5.88. The van der Waals surface area contributed by atoms with E-state index in [9.17, 15) is 18.0 Å². The molecule has 1 atom stereocenters. The van der Waals surface area contributed by atoms with Gasteiger partial charge < -0.3 is 9.72 Å². The molecule has 1 N–H and O–H groups in total. The van der Waals surface area contributed by atoms with Crippen LogP contribution in [0.4, 0.5) is 13.2 Å². The standard InChI is InChI=1S/C18H15F3N4O2/c1-10(12-3-5-13(6-4-12)27-18(19,20)21)14-7-15(23-9-22-14)16-8-17(26)25-11(2)24-16/h3-10H,1-2H3,(H,24,25,26)/t10-/m1/s1.